The Bertz CT molecular complexity index is 1190. The third-order valence-corrected chi connectivity index (χ3v) is 7.27. The molecule has 0 fully saturated rings. The number of hydrogen-bond acceptors (Lipinski definition) is 3. The van der Waals surface area contributed by atoms with Crippen molar-refractivity contribution in [1.29, 1.82) is 0 Å². The summed E-state index contributed by atoms with van der Waals surface area (Å²) in [5, 5.41) is 9.43. The molecule has 1 heterocycles. The molecule has 0 saturated heterocycles. The van der Waals surface area contributed by atoms with Crippen molar-refractivity contribution in [1.82, 2.24) is 4.98 Å². The van der Waals surface area contributed by atoms with E-state index in [0.29, 0.717) is 12.0 Å². The van der Waals surface area contributed by atoms with Crippen molar-refractivity contribution in [3.05, 3.63) is 71.4 Å². The van der Waals surface area contributed by atoms with Crippen LogP contribution in [-0.2, 0) is 6.42 Å². The number of aryl methyl sites for hydroxylation is 1. The molecule has 40 heavy (non-hydrogen) atoms. The lowest BCUT2D eigenvalue weighted by molar-refractivity contribution is 0.0690. The van der Waals surface area contributed by atoms with Gasteiger partial charge >= 0.3 is 5.97 Å². The fourth-order valence-electron chi connectivity index (χ4n) is 4.85. The number of unbranched alkanes of at least 4 members (excludes halogenated alkanes) is 10. The fourth-order valence-corrected chi connectivity index (χ4v) is 4.85. The van der Waals surface area contributed by atoms with Crippen LogP contribution in [0.5, 0.6) is 5.75 Å². The number of aromatic nitrogens is 1. The molecule has 3 rings (SSSR count). The van der Waals surface area contributed by atoms with Gasteiger partial charge in [-0.25, -0.2) is 9.18 Å². The molecule has 0 aliphatic heterocycles. The van der Waals surface area contributed by atoms with Gasteiger partial charge in [-0.1, -0.05) is 108 Å². The Morgan fingerprint density at radius 3 is 1.98 bits per heavy atom. The Morgan fingerprint density at radius 1 is 0.775 bits per heavy atom. The van der Waals surface area contributed by atoms with E-state index < -0.39 is 23.2 Å². The topological polar surface area (TPSA) is 59.4 Å². The van der Waals surface area contributed by atoms with Gasteiger partial charge in [0.2, 0.25) is 5.82 Å². The second-order valence-corrected chi connectivity index (χ2v) is 10.5. The van der Waals surface area contributed by atoms with Gasteiger partial charge in [0.25, 0.3) is 0 Å². The number of carbonyl (C=O) groups is 1. The molecule has 216 valence electrons. The van der Waals surface area contributed by atoms with Crippen molar-refractivity contribution in [3.63, 3.8) is 0 Å². The van der Waals surface area contributed by atoms with E-state index in [9.17, 15) is 14.3 Å². The molecule has 0 aliphatic rings. The van der Waals surface area contributed by atoms with Crippen LogP contribution in [0.25, 0.3) is 22.4 Å². The van der Waals surface area contributed by atoms with E-state index in [1.165, 1.54) is 44.1 Å². The maximum atomic E-state index is 15.0. The van der Waals surface area contributed by atoms with Crippen LogP contribution in [-0.4, -0.2) is 22.7 Å². The quantitative estimate of drug-likeness (QED) is 0.160. The highest BCUT2D eigenvalue weighted by atomic mass is 19.2. The molecule has 0 radical (unpaired) electrons. The number of carboxylic acids is 1. The van der Waals surface area contributed by atoms with Gasteiger partial charge in [-0.2, -0.15) is 4.39 Å². The third-order valence-electron chi connectivity index (χ3n) is 7.27. The summed E-state index contributed by atoms with van der Waals surface area (Å²) in [6, 6.07) is 12.5. The number of benzene rings is 2. The number of rotatable bonds is 18. The van der Waals surface area contributed by atoms with Crippen molar-refractivity contribution < 1.29 is 23.4 Å². The maximum absolute atomic E-state index is 15.0. The zero-order chi connectivity index (χ0) is 28.7. The van der Waals surface area contributed by atoms with E-state index in [1.807, 2.05) is 24.4 Å². The van der Waals surface area contributed by atoms with E-state index in [4.69, 9.17) is 4.74 Å². The first kappa shape index (κ1) is 31.3. The maximum Gasteiger partial charge on any atom is 0.338 e. The Morgan fingerprint density at radius 2 is 1.38 bits per heavy atom. The summed E-state index contributed by atoms with van der Waals surface area (Å²) in [5.41, 5.74) is 2.95. The van der Waals surface area contributed by atoms with Gasteiger partial charge in [-0.15, -0.1) is 0 Å². The first-order valence-corrected chi connectivity index (χ1v) is 14.9. The summed E-state index contributed by atoms with van der Waals surface area (Å²) in [6.07, 6.45) is 16.7. The van der Waals surface area contributed by atoms with E-state index in [1.54, 1.807) is 12.1 Å². The van der Waals surface area contributed by atoms with Gasteiger partial charge in [0.15, 0.2) is 11.6 Å². The Hall–Kier alpha value is -3.28. The first-order valence-electron chi connectivity index (χ1n) is 14.9. The van der Waals surface area contributed by atoms with Crippen molar-refractivity contribution in [3.8, 4) is 28.1 Å². The second-order valence-electron chi connectivity index (χ2n) is 10.5. The van der Waals surface area contributed by atoms with Gasteiger partial charge in [0.1, 0.15) is 0 Å². The van der Waals surface area contributed by atoms with E-state index >= 15 is 4.39 Å². The lowest BCUT2D eigenvalue weighted by Gasteiger charge is -2.15. The number of nitrogens with zero attached hydrogens (tertiary/aromatic N) is 1. The number of pyridine rings is 1. The van der Waals surface area contributed by atoms with E-state index in [-0.39, 0.29) is 17.9 Å². The molecule has 0 unspecified atom stereocenters. The largest absolute Gasteiger partial charge is 0.490 e. The second kappa shape index (κ2) is 16.7. The minimum absolute atomic E-state index is 0.219. The highest BCUT2D eigenvalue weighted by Gasteiger charge is 2.24. The molecule has 3 aromatic rings. The Balaban J connectivity index is 1.71. The molecule has 4 nitrogen and oxygen atoms in total. The van der Waals surface area contributed by atoms with Gasteiger partial charge in [-0.3, -0.25) is 4.98 Å². The molecule has 6 heteroatoms. The smallest absolute Gasteiger partial charge is 0.338 e. The summed E-state index contributed by atoms with van der Waals surface area (Å²) in [6.45, 7) is 4.61. The number of carboxylic acid groups (broad SMARTS) is 1. The lowest BCUT2D eigenvalue weighted by atomic mass is 9.98. The SMILES string of the molecule is CCCCCCCCOc1c(-c2ccc(-c3ccc(CCCCCCCC)cn3)cc2)cc(C(=O)O)c(F)c1F. The predicted octanol–water partition coefficient (Wildman–Crippen LogP) is 10.0. The normalized spacial score (nSPS) is 11.1. The summed E-state index contributed by atoms with van der Waals surface area (Å²) in [4.78, 5) is 16.2. The molecule has 0 atom stereocenters. The van der Waals surface area contributed by atoms with Crippen LogP contribution in [0.1, 0.15) is 107 Å². The summed E-state index contributed by atoms with van der Waals surface area (Å²) >= 11 is 0. The van der Waals surface area contributed by atoms with Crippen molar-refractivity contribution >= 4 is 5.97 Å². The summed E-state index contributed by atoms with van der Waals surface area (Å²) < 4.78 is 35.3. The van der Waals surface area contributed by atoms with Crippen LogP contribution in [0.4, 0.5) is 8.78 Å². The van der Waals surface area contributed by atoms with Gasteiger partial charge in [0.05, 0.1) is 17.9 Å². The zero-order valence-corrected chi connectivity index (χ0v) is 24.0. The van der Waals surface area contributed by atoms with Gasteiger partial charge < -0.3 is 9.84 Å². The zero-order valence-electron chi connectivity index (χ0n) is 24.0. The average molecular weight is 552 g/mol. The van der Waals surface area contributed by atoms with Crippen molar-refractivity contribution in [2.24, 2.45) is 0 Å². The average Bonchev–Trinajstić information content (AvgIpc) is 2.97. The molecule has 1 N–H and O–H groups in total. The monoisotopic (exact) mass is 551 g/mol. The molecular weight excluding hydrogens is 508 g/mol. The standard InChI is InChI=1S/C34H43F2NO3/c1-3-5-7-9-11-13-15-25-16-21-30(37-24-25)27-19-17-26(18-20-27)28-23-29(34(38)39)31(35)32(36)33(28)40-22-14-12-10-8-6-4-2/h16-21,23-24H,3-15,22H2,1-2H3,(H,38,39). The predicted molar refractivity (Wildman–Crippen MR) is 158 cm³/mol. The molecule has 0 spiro atoms. The molecule has 0 amide bonds. The molecule has 0 aliphatic carbocycles. The Labute approximate surface area is 237 Å². The highest BCUT2D eigenvalue weighted by molar-refractivity contribution is 5.91. The molecule has 0 bridgehead atoms. The number of ether oxygens (including phenoxy) is 1. The molecular formula is C34H43F2NO3. The summed E-state index contributed by atoms with van der Waals surface area (Å²) in [5.74, 6) is -4.45. The van der Waals surface area contributed by atoms with E-state index in [0.717, 1.165) is 55.8 Å². The van der Waals surface area contributed by atoms with Crippen molar-refractivity contribution in [2.45, 2.75) is 97.3 Å². The van der Waals surface area contributed by atoms with Crippen LogP contribution in [0.2, 0.25) is 0 Å². The van der Waals surface area contributed by atoms with Crippen LogP contribution < -0.4 is 4.74 Å². The number of hydrogen-bond donors (Lipinski definition) is 1. The Kier molecular flexibility index (Phi) is 13.1. The van der Waals surface area contributed by atoms with Crippen LogP contribution in [0, 0.1) is 11.6 Å². The minimum Gasteiger partial charge on any atom is -0.490 e. The van der Waals surface area contributed by atoms with Crippen LogP contribution >= 0.6 is 0 Å². The van der Waals surface area contributed by atoms with Gasteiger partial charge in [-0.05, 0) is 42.5 Å². The van der Waals surface area contributed by atoms with Gasteiger partial charge in [0, 0.05) is 17.3 Å². The lowest BCUT2D eigenvalue weighted by Crippen LogP contribution is -2.08. The fraction of sp³-hybridized carbons (Fsp3) is 0.471. The third kappa shape index (κ3) is 9.14. The first-order chi connectivity index (χ1) is 19.5. The van der Waals surface area contributed by atoms with Crippen molar-refractivity contribution in [2.75, 3.05) is 6.61 Å². The summed E-state index contributed by atoms with van der Waals surface area (Å²) in [7, 11) is 0. The van der Waals surface area contributed by atoms with Crippen LogP contribution in [0.3, 0.4) is 0 Å². The number of halogens is 2. The van der Waals surface area contributed by atoms with E-state index in [2.05, 4.69) is 24.9 Å². The molecule has 0 saturated carbocycles. The molecule has 1 aromatic heterocycles. The molecule has 2 aromatic carbocycles. The number of aromatic carboxylic acids is 1. The minimum atomic E-state index is -1.53. The highest BCUT2D eigenvalue weighted by Crippen LogP contribution is 2.37. The van der Waals surface area contributed by atoms with Crippen LogP contribution in [0.15, 0.2) is 48.7 Å².